The van der Waals surface area contributed by atoms with Crippen LogP contribution in [0.4, 0.5) is 8.78 Å². The number of rotatable bonds is 10. The lowest BCUT2D eigenvalue weighted by atomic mass is 9.87. The van der Waals surface area contributed by atoms with Crippen LogP contribution in [0.2, 0.25) is 0 Å². The molecule has 0 radical (unpaired) electrons. The lowest BCUT2D eigenvalue weighted by Gasteiger charge is -2.24. The molecule has 1 unspecified atom stereocenters. The minimum absolute atomic E-state index is 0.0193. The van der Waals surface area contributed by atoms with Crippen LogP contribution in [0.25, 0.3) is 16.3 Å². The molecule has 5 rings (SSSR count). The highest BCUT2D eigenvalue weighted by molar-refractivity contribution is 7.93. The first-order valence-corrected chi connectivity index (χ1v) is 18.8. The van der Waals surface area contributed by atoms with Crippen molar-refractivity contribution in [2.24, 2.45) is 21.9 Å². The minimum atomic E-state index is -0.769. The first-order chi connectivity index (χ1) is 25.8. The normalized spacial score (nSPS) is 13.9. The van der Waals surface area contributed by atoms with E-state index < -0.39 is 23.8 Å². The van der Waals surface area contributed by atoms with Crippen LogP contribution in [0.1, 0.15) is 76.0 Å². The first kappa shape index (κ1) is 45.6. The molecule has 0 aliphatic heterocycles. The molecule has 4 aromatic rings. The van der Waals surface area contributed by atoms with Crippen molar-refractivity contribution in [1.29, 1.82) is 0 Å². The van der Waals surface area contributed by atoms with E-state index in [4.69, 9.17) is 25.9 Å². The van der Waals surface area contributed by atoms with E-state index in [0.717, 1.165) is 47.5 Å². The number of ether oxygens (including phenoxy) is 1. The number of esters is 1. The first-order valence-electron chi connectivity index (χ1n) is 17.1. The number of aromatic nitrogens is 4. The van der Waals surface area contributed by atoms with Gasteiger partial charge in [-0.1, -0.05) is 58.2 Å². The van der Waals surface area contributed by atoms with Crippen molar-refractivity contribution >= 4 is 47.5 Å². The minimum Gasteiger partial charge on any atom is -0.441 e. The van der Waals surface area contributed by atoms with Gasteiger partial charge in [-0.05, 0) is 49.4 Å². The lowest BCUT2D eigenvalue weighted by Crippen LogP contribution is -2.43. The largest absolute Gasteiger partial charge is 0.441 e. The fraction of sp³-hybridized carbons (Fsp3) is 0.405. The van der Waals surface area contributed by atoms with Crippen molar-refractivity contribution in [3.63, 3.8) is 0 Å². The molecule has 0 bridgehead atoms. The summed E-state index contributed by atoms with van der Waals surface area (Å²) in [6, 6.07) is 10.9. The fourth-order valence-electron chi connectivity index (χ4n) is 4.49. The van der Waals surface area contributed by atoms with E-state index in [1.165, 1.54) is 35.3 Å². The summed E-state index contributed by atoms with van der Waals surface area (Å²) in [6.45, 7) is 7.53. The maximum absolute atomic E-state index is 13.7. The van der Waals surface area contributed by atoms with Crippen LogP contribution in [0.3, 0.4) is 0 Å². The van der Waals surface area contributed by atoms with Gasteiger partial charge in [-0.25, -0.2) is 19.0 Å². The summed E-state index contributed by atoms with van der Waals surface area (Å²) in [7, 11) is 1.66. The zero-order chi connectivity index (χ0) is 40.1. The number of carbonyl (C=O) groups excluding carboxylic acids is 2. The van der Waals surface area contributed by atoms with E-state index in [9.17, 15) is 18.4 Å². The van der Waals surface area contributed by atoms with Crippen LogP contribution in [-0.4, -0.2) is 73.6 Å². The number of thiazole rings is 1. The zero-order valence-corrected chi connectivity index (χ0v) is 32.7. The number of pyridine rings is 1. The Morgan fingerprint density at radius 2 is 1.83 bits per heavy atom. The fourth-order valence-corrected chi connectivity index (χ4v) is 5.50. The number of halogens is 2. The quantitative estimate of drug-likeness (QED) is 0.0382. The molecule has 0 spiro atoms. The summed E-state index contributed by atoms with van der Waals surface area (Å²) in [5.41, 5.74) is 12.8. The summed E-state index contributed by atoms with van der Waals surface area (Å²) >= 11 is 2.12. The number of nitrogens with zero attached hydrogens (tertiary/aromatic N) is 5. The monoisotopic (exact) mass is 788 g/mol. The number of benzene rings is 1. The molecular weight excluding hydrogens is 739 g/mol. The molecule has 1 atom stereocenters. The van der Waals surface area contributed by atoms with Gasteiger partial charge in [0.15, 0.2) is 18.8 Å². The number of hydrogen-bond donors (Lipinski definition) is 5. The van der Waals surface area contributed by atoms with Crippen LogP contribution in [-0.2, 0) is 16.3 Å². The number of allylic oxidation sites excluding steroid dienone is 1. The van der Waals surface area contributed by atoms with E-state index in [1.807, 2.05) is 51.1 Å². The Labute approximate surface area is 323 Å². The highest BCUT2D eigenvalue weighted by Crippen LogP contribution is 2.23. The van der Waals surface area contributed by atoms with E-state index in [0.29, 0.717) is 22.7 Å². The smallest absolute Gasteiger partial charge is 0.325 e. The number of aliphatic imine (C=N–C) groups is 1. The van der Waals surface area contributed by atoms with Crippen molar-refractivity contribution in [2.45, 2.75) is 83.5 Å². The van der Waals surface area contributed by atoms with Gasteiger partial charge in [0.1, 0.15) is 22.4 Å². The molecule has 17 heteroatoms. The van der Waals surface area contributed by atoms with E-state index >= 15 is 0 Å². The van der Waals surface area contributed by atoms with Crippen molar-refractivity contribution in [2.75, 3.05) is 13.7 Å². The molecular formula is C37H50F2N8O5S2. The van der Waals surface area contributed by atoms with Crippen LogP contribution in [0.15, 0.2) is 75.8 Å². The van der Waals surface area contributed by atoms with Crippen LogP contribution in [0, 0.1) is 17.2 Å². The Kier molecular flexibility index (Phi) is 20.3. The second-order valence-corrected chi connectivity index (χ2v) is 14.2. The molecule has 294 valence electrons. The molecule has 3 heterocycles. The Hall–Kier alpha value is -4.55. The van der Waals surface area contributed by atoms with Crippen LogP contribution in [0.5, 0.6) is 0 Å². The SMILES string of the molecule is CC(C)(C)C(N)C(=O)OCn1cc(-c2nc(C=O)cs2)cn1.CCO.CN/C(C=NC1CCCCC1)=C(/N)c1nc(F)ccc1F.OSc1ccccc1. The molecule has 54 heavy (non-hydrogen) atoms. The average Bonchev–Trinajstić information content (AvgIpc) is 3.86. The number of nitrogens with one attached hydrogen (secondary N) is 1. The summed E-state index contributed by atoms with van der Waals surface area (Å²) in [4.78, 5) is 35.5. The predicted molar refractivity (Wildman–Crippen MR) is 210 cm³/mol. The Morgan fingerprint density at radius 1 is 1.17 bits per heavy atom. The third-order valence-electron chi connectivity index (χ3n) is 7.51. The molecule has 0 saturated heterocycles. The molecule has 1 aliphatic rings. The topological polar surface area (TPSA) is 204 Å². The van der Waals surface area contributed by atoms with Gasteiger partial charge in [0.2, 0.25) is 5.95 Å². The molecule has 1 aliphatic carbocycles. The highest BCUT2D eigenvalue weighted by atomic mass is 32.2. The second kappa shape index (κ2) is 24.0. The second-order valence-electron chi connectivity index (χ2n) is 12.7. The van der Waals surface area contributed by atoms with Gasteiger partial charge in [-0.15, -0.1) is 11.3 Å². The van der Waals surface area contributed by atoms with Crippen LogP contribution < -0.4 is 16.8 Å². The Bertz CT molecular complexity index is 1780. The highest BCUT2D eigenvalue weighted by Gasteiger charge is 2.29. The van der Waals surface area contributed by atoms with Crippen molar-refractivity contribution in [3.8, 4) is 10.6 Å². The number of aliphatic hydroxyl groups excluding tert-OH is 1. The van der Waals surface area contributed by atoms with E-state index in [1.54, 1.807) is 38.0 Å². The van der Waals surface area contributed by atoms with Gasteiger partial charge >= 0.3 is 5.97 Å². The third kappa shape index (κ3) is 15.8. The molecule has 0 amide bonds. The number of hydrogen-bond acceptors (Lipinski definition) is 14. The van der Waals surface area contributed by atoms with E-state index in [-0.39, 0.29) is 36.2 Å². The maximum Gasteiger partial charge on any atom is 0.325 e. The molecule has 7 N–H and O–H groups in total. The maximum atomic E-state index is 13.7. The van der Waals surface area contributed by atoms with Crippen molar-refractivity contribution in [1.82, 2.24) is 25.1 Å². The Balaban J connectivity index is 0.000000293. The van der Waals surface area contributed by atoms with Gasteiger partial charge in [0, 0.05) is 53.9 Å². The summed E-state index contributed by atoms with van der Waals surface area (Å²) < 4.78 is 41.9. The van der Waals surface area contributed by atoms with Crippen molar-refractivity contribution in [3.05, 3.63) is 89.1 Å². The average molecular weight is 789 g/mol. The standard InChI is InChI=1S/C15H20F2N4.C14H18N4O3S.C6H6OS.C2H6O/c1-19-12(9-20-10-5-3-2-4-6-10)14(18)15-11(16)7-8-13(17)21-15;1-14(2,3)11(15)13(20)21-8-18-5-9(4-16-18)12-17-10(6-19)7-22-12;7-8-6-4-2-1-3-5-6;1-2-3/h7-10,19H,2-6,18H2,1H3;4-7,11H,8,15H2,1-3H3;1-5,7H;3H,2H2,1H3/b14-12+,20-9?;;;. The Morgan fingerprint density at radius 3 is 2.39 bits per heavy atom. The predicted octanol–water partition coefficient (Wildman–Crippen LogP) is 6.55. The lowest BCUT2D eigenvalue weighted by molar-refractivity contribution is -0.152. The van der Waals surface area contributed by atoms with Gasteiger partial charge in [0.05, 0.1) is 23.6 Å². The molecule has 1 fully saturated rings. The van der Waals surface area contributed by atoms with Crippen molar-refractivity contribution < 1.29 is 32.8 Å². The third-order valence-corrected chi connectivity index (χ3v) is 8.91. The molecule has 1 aromatic carbocycles. The summed E-state index contributed by atoms with van der Waals surface area (Å²) in [5, 5.41) is 16.9. The zero-order valence-electron chi connectivity index (χ0n) is 31.1. The van der Waals surface area contributed by atoms with E-state index in [2.05, 4.69) is 25.4 Å². The number of nitrogens with two attached hydrogens (primary N) is 2. The van der Waals surface area contributed by atoms with Gasteiger partial charge in [0.25, 0.3) is 0 Å². The number of carbonyl (C=O) groups is 2. The van der Waals surface area contributed by atoms with Gasteiger partial charge in [-0.3, -0.25) is 14.6 Å². The molecule has 1 saturated carbocycles. The van der Waals surface area contributed by atoms with Crippen LogP contribution >= 0.6 is 23.4 Å². The molecule has 13 nitrogen and oxygen atoms in total. The number of aliphatic hydroxyl groups is 1. The summed E-state index contributed by atoms with van der Waals surface area (Å²) in [6.07, 6.45) is 11.3. The molecule has 3 aromatic heterocycles. The van der Waals surface area contributed by atoms with Gasteiger partial charge in [-0.2, -0.15) is 9.49 Å². The van der Waals surface area contributed by atoms with Gasteiger partial charge < -0.3 is 31.2 Å². The summed E-state index contributed by atoms with van der Waals surface area (Å²) in [5.74, 6) is -1.90. The number of aldehydes is 1.